The highest BCUT2D eigenvalue weighted by molar-refractivity contribution is 8.05. The van der Waals surface area contributed by atoms with Crippen molar-refractivity contribution in [3.05, 3.63) is 23.6 Å². The third-order valence-electron chi connectivity index (χ3n) is 1.75. The SMILES string of the molecule is COC(=O)C1(C(=O)OC)C=CC=CS1. The van der Waals surface area contributed by atoms with E-state index in [1.807, 2.05) is 0 Å². The van der Waals surface area contributed by atoms with E-state index in [-0.39, 0.29) is 0 Å². The van der Waals surface area contributed by atoms with Gasteiger partial charge in [-0.2, -0.15) is 0 Å². The first kappa shape index (κ1) is 10.8. The smallest absolute Gasteiger partial charge is 0.337 e. The third-order valence-corrected chi connectivity index (χ3v) is 2.89. The van der Waals surface area contributed by atoms with Gasteiger partial charge in [-0.1, -0.05) is 23.9 Å². The minimum Gasteiger partial charge on any atom is -0.467 e. The van der Waals surface area contributed by atoms with Crippen LogP contribution in [0.3, 0.4) is 0 Å². The van der Waals surface area contributed by atoms with Gasteiger partial charge in [0.15, 0.2) is 0 Å². The van der Waals surface area contributed by atoms with E-state index in [1.54, 1.807) is 17.6 Å². The Morgan fingerprint density at radius 3 is 2.07 bits per heavy atom. The first-order valence-corrected chi connectivity index (χ1v) is 4.74. The van der Waals surface area contributed by atoms with E-state index in [9.17, 15) is 9.59 Å². The summed E-state index contributed by atoms with van der Waals surface area (Å²) in [6.07, 6.45) is 4.81. The van der Waals surface area contributed by atoms with Crippen LogP contribution in [0.25, 0.3) is 0 Å². The van der Waals surface area contributed by atoms with Gasteiger partial charge in [-0.05, 0) is 11.5 Å². The second-order valence-corrected chi connectivity index (χ2v) is 3.68. The monoisotopic (exact) mass is 214 g/mol. The highest BCUT2D eigenvalue weighted by atomic mass is 32.2. The molecule has 0 aromatic carbocycles. The molecule has 0 spiro atoms. The molecule has 0 fully saturated rings. The van der Waals surface area contributed by atoms with E-state index in [0.717, 1.165) is 11.8 Å². The summed E-state index contributed by atoms with van der Waals surface area (Å²) in [7, 11) is 2.47. The number of carbonyl (C=O) groups excluding carboxylic acids is 2. The third kappa shape index (κ3) is 1.68. The van der Waals surface area contributed by atoms with Crippen LogP contribution in [0.15, 0.2) is 23.6 Å². The van der Waals surface area contributed by atoms with Crippen LogP contribution in [0.2, 0.25) is 0 Å². The number of methoxy groups -OCH3 is 2. The number of carbonyl (C=O) groups is 2. The van der Waals surface area contributed by atoms with Gasteiger partial charge in [-0.25, -0.2) is 9.59 Å². The van der Waals surface area contributed by atoms with Crippen LogP contribution >= 0.6 is 11.8 Å². The zero-order chi connectivity index (χ0) is 10.6. The molecular weight excluding hydrogens is 204 g/mol. The van der Waals surface area contributed by atoms with Gasteiger partial charge >= 0.3 is 11.9 Å². The summed E-state index contributed by atoms with van der Waals surface area (Å²) in [6.45, 7) is 0. The minimum atomic E-state index is -1.38. The number of hydrogen-bond acceptors (Lipinski definition) is 5. The second kappa shape index (κ2) is 4.32. The standard InChI is InChI=1S/C9H10O4S/c1-12-7(10)9(8(11)13-2)5-3-4-6-14-9/h3-6H,1-2H3. The molecule has 1 rings (SSSR count). The average molecular weight is 214 g/mol. The van der Waals surface area contributed by atoms with Gasteiger partial charge in [0.2, 0.25) is 4.75 Å². The lowest BCUT2D eigenvalue weighted by molar-refractivity contribution is -0.153. The highest BCUT2D eigenvalue weighted by Crippen LogP contribution is 2.33. The van der Waals surface area contributed by atoms with E-state index < -0.39 is 16.7 Å². The fourth-order valence-electron chi connectivity index (χ4n) is 1.04. The molecule has 0 aliphatic carbocycles. The maximum absolute atomic E-state index is 11.5. The number of ether oxygens (including phenoxy) is 2. The molecule has 0 radical (unpaired) electrons. The topological polar surface area (TPSA) is 52.6 Å². The summed E-state index contributed by atoms with van der Waals surface area (Å²) in [5.41, 5.74) is 0. The largest absolute Gasteiger partial charge is 0.467 e. The molecule has 0 bridgehead atoms. The fraction of sp³-hybridized carbons (Fsp3) is 0.333. The average Bonchev–Trinajstić information content (AvgIpc) is 2.27. The number of allylic oxidation sites excluding steroid dienone is 2. The molecular formula is C9H10O4S. The summed E-state index contributed by atoms with van der Waals surface area (Å²) in [4.78, 5) is 22.9. The highest BCUT2D eigenvalue weighted by Gasteiger charge is 2.47. The lowest BCUT2D eigenvalue weighted by Gasteiger charge is -2.23. The van der Waals surface area contributed by atoms with Gasteiger partial charge < -0.3 is 9.47 Å². The first-order chi connectivity index (χ1) is 6.67. The van der Waals surface area contributed by atoms with E-state index >= 15 is 0 Å². The summed E-state index contributed by atoms with van der Waals surface area (Å²) in [5, 5.41) is 1.65. The molecule has 5 heteroatoms. The van der Waals surface area contributed by atoms with Crippen LogP contribution in [-0.2, 0) is 19.1 Å². The Morgan fingerprint density at radius 2 is 1.71 bits per heavy atom. The summed E-state index contributed by atoms with van der Waals surface area (Å²) in [6, 6.07) is 0. The maximum Gasteiger partial charge on any atom is 0.337 e. The van der Waals surface area contributed by atoms with E-state index in [0.29, 0.717) is 0 Å². The van der Waals surface area contributed by atoms with Crippen LogP contribution in [0.1, 0.15) is 0 Å². The second-order valence-electron chi connectivity index (χ2n) is 2.52. The Labute approximate surface area is 85.9 Å². The Hall–Kier alpha value is -1.23. The number of hydrogen-bond donors (Lipinski definition) is 0. The molecule has 0 aromatic rings. The molecule has 0 N–H and O–H groups in total. The molecule has 0 saturated heterocycles. The van der Waals surface area contributed by atoms with E-state index in [2.05, 4.69) is 9.47 Å². The van der Waals surface area contributed by atoms with Crippen molar-refractivity contribution in [1.29, 1.82) is 0 Å². The number of rotatable bonds is 2. The van der Waals surface area contributed by atoms with Crippen molar-refractivity contribution in [2.75, 3.05) is 14.2 Å². The molecule has 1 aliphatic rings. The summed E-state index contributed by atoms with van der Waals surface area (Å²) in [5.74, 6) is -1.26. The molecule has 4 nitrogen and oxygen atoms in total. The molecule has 1 heterocycles. The van der Waals surface area contributed by atoms with Gasteiger partial charge in [0.05, 0.1) is 14.2 Å². The summed E-state index contributed by atoms with van der Waals surface area (Å²) < 4.78 is 7.76. The van der Waals surface area contributed by atoms with Crippen molar-refractivity contribution in [3.63, 3.8) is 0 Å². The maximum atomic E-state index is 11.5. The molecule has 0 atom stereocenters. The van der Waals surface area contributed by atoms with Gasteiger partial charge in [-0.15, -0.1) is 0 Å². The lowest BCUT2D eigenvalue weighted by atomic mass is 10.1. The Balaban J connectivity index is 3.02. The molecule has 0 saturated carbocycles. The van der Waals surface area contributed by atoms with Crippen molar-refractivity contribution in [3.8, 4) is 0 Å². The summed E-state index contributed by atoms with van der Waals surface area (Å²) >= 11 is 1.06. The lowest BCUT2D eigenvalue weighted by Crippen LogP contribution is -2.43. The molecule has 0 aromatic heterocycles. The van der Waals surface area contributed by atoms with Gasteiger partial charge in [0.1, 0.15) is 0 Å². The molecule has 76 valence electrons. The van der Waals surface area contributed by atoms with E-state index in [4.69, 9.17) is 0 Å². The molecule has 0 amide bonds. The van der Waals surface area contributed by atoms with Crippen molar-refractivity contribution < 1.29 is 19.1 Å². The van der Waals surface area contributed by atoms with Crippen LogP contribution in [0.5, 0.6) is 0 Å². The zero-order valence-corrected chi connectivity index (χ0v) is 8.67. The van der Waals surface area contributed by atoms with Crippen LogP contribution in [-0.4, -0.2) is 30.9 Å². The first-order valence-electron chi connectivity index (χ1n) is 3.86. The van der Waals surface area contributed by atoms with Gasteiger partial charge in [0, 0.05) is 0 Å². The molecule has 0 unspecified atom stereocenters. The zero-order valence-electron chi connectivity index (χ0n) is 7.85. The Morgan fingerprint density at radius 1 is 1.14 bits per heavy atom. The minimum absolute atomic E-state index is 0.630. The van der Waals surface area contributed by atoms with Crippen LogP contribution in [0.4, 0.5) is 0 Å². The normalized spacial score (nSPS) is 17.6. The number of esters is 2. The quantitative estimate of drug-likeness (QED) is 0.504. The van der Waals surface area contributed by atoms with E-state index in [1.165, 1.54) is 20.3 Å². The van der Waals surface area contributed by atoms with Crippen molar-refractivity contribution in [2.24, 2.45) is 0 Å². The van der Waals surface area contributed by atoms with Crippen molar-refractivity contribution >= 4 is 23.7 Å². The fourth-order valence-corrected chi connectivity index (χ4v) is 1.94. The van der Waals surface area contributed by atoms with Crippen LogP contribution < -0.4 is 0 Å². The molecule has 1 aliphatic heterocycles. The predicted molar refractivity (Wildman–Crippen MR) is 52.6 cm³/mol. The van der Waals surface area contributed by atoms with Gasteiger partial charge in [0.25, 0.3) is 0 Å². The molecule has 14 heavy (non-hydrogen) atoms. The van der Waals surface area contributed by atoms with Gasteiger partial charge in [-0.3, -0.25) is 0 Å². The predicted octanol–water partition coefficient (Wildman–Crippen LogP) is 0.888. The number of thioether (sulfide) groups is 1. The van der Waals surface area contributed by atoms with Crippen molar-refractivity contribution in [2.45, 2.75) is 4.75 Å². The van der Waals surface area contributed by atoms with Crippen molar-refractivity contribution in [1.82, 2.24) is 0 Å². The van der Waals surface area contributed by atoms with Crippen LogP contribution in [0, 0.1) is 0 Å². The Bertz CT molecular complexity index is 290. The Kier molecular flexibility index (Phi) is 3.35.